The van der Waals surface area contributed by atoms with Crippen LogP contribution in [0.15, 0.2) is 0 Å². The number of nitrogens with one attached hydrogen (secondary N) is 1. The topological polar surface area (TPSA) is 61.8 Å². The van der Waals surface area contributed by atoms with Gasteiger partial charge in [-0.2, -0.15) is 0 Å². The SMILES string of the molecule is CCC(COC)NC(=O)N(CCO)C(C)CC. The molecule has 5 nitrogen and oxygen atoms in total. The van der Waals surface area contributed by atoms with Gasteiger partial charge < -0.3 is 20.1 Å². The average molecular weight is 246 g/mol. The van der Waals surface area contributed by atoms with E-state index in [9.17, 15) is 4.79 Å². The van der Waals surface area contributed by atoms with E-state index in [1.165, 1.54) is 0 Å². The Labute approximate surface area is 104 Å². The Balaban J connectivity index is 4.39. The summed E-state index contributed by atoms with van der Waals surface area (Å²) in [6.07, 6.45) is 1.70. The fourth-order valence-electron chi connectivity index (χ4n) is 1.57. The number of nitrogens with zero attached hydrogens (tertiary/aromatic N) is 1. The maximum absolute atomic E-state index is 12.0. The maximum Gasteiger partial charge on any atom is 0.318 e. The Kier molecular flexibility index (Phi) is 8.80. The van der Waals surface area contributed by atoms with Crippen LogP contribution in [0.2, 0.25) is 0 Å². The van der Waals surface area contributed by atoms with Gasteiger partial charge >= 0.3 is 6.03 Å². The lowest BCUT2D eigenvalue weighted by Gasteiger charge is -2.30. The van der Waals surface area contributed by atoms with Crippen molar-refractivity contribution in [2.45, 2.75) is 45.7 Å². The quantitative estimate of drug-likeness (QED) is 0.677. The van der Waals surface area contributed by atoms with E-state index in [0.717, 1.165) is 12.8 Å². The molecule has 2 amide bonds. The predicted octanol–water partition coefficient (Wildman–Crippen LogP) is 1.21. The number of hydrogen-bond donors (Lipinski definition) is 2. The lowest BCUT2D eigenvalue weighted by molar-refractivity contribution is 0.135. The van der Waals surface area contributed by atoms with Crippen molar-refractivity contribution in [1.29, 1.82) is 0 Å². The molecule has 0 rings (SSSR count). The second-order valence-electron chi connectivity index (χ2n) is 4.18. The number of amides is 2. The zero-order chi connectivity index (χ0) is 13.3. The molecule has 0 bridgehead atoms. The van der Waals surface area contributed by atoms with Crippen molar-refractivity contribution < 1.29 is 14.6 Å². The van der Waals surface area contributed by atoms with Gasteiger partial charge in [-0.15, -0.1) is 0 Å². The van der Waals surface area contributed by atoms with E-state index in [1.807, 2.05) is 20.8 Å². The Morgan fingerprint density at radius 1 is 1.41 bits per heavy atom. The minimum absolute atomic E-state index is 0.0151. The molecule has 102 valence electrons. The van der Waals surface area contributed by atoms with E-state index in [2.05, 4.69) is 5.32 Å². The van der Waals surface area contributed by atoms with Gasteiger partial charge in [0, 0.05) is 19.7 Å². The lowest BCUT2D eigenvalue weighted by Crippen LogP contribution is -2.50. The lowest BCUT2D eigenvalue weighted by atomic mass is 10.2. The number of carbonyl (C=O) groups is 1. The molecule has 5 heteroatoms. The number of rotatable bonds is 8. The number of urea groups is 1. The van der Waals surface area contributed by atoms with E-state index in [4.69, 9.17) is 9.84 Å². The van der Waals surface area contributed by atoms with Gasteiger partial charge in [-0.1, -0.05) is 13.8 Å². The summed E-state index contributed by atoms with van der Waals surface area (Å²) in [6.45, 7) is 6.86. The number of aliphatic hydroxyl groups is 1. The highest BCUT2D eigenvalue weighted by Gasteiger charge is 2.20. The van der Waals surface area contributed by atoms with Crippen molar-refractivity contribution in [2.24, 2.45) is 0 Å². The summed E-state index contributed by atoms with van der Waals surface area (Å²) in [5, 5.41) is 11.9. The Morgan fingerprint density at radius 3 is 2.47 bits per heavy atom. The van der Waals surface area contributed by atoms with Crippen molar-refractivity contribution in [3.05, 3.63) is 0 Å². The summed E-state index contributed by atoms with van der Waals surface area (Å²) in [5.41, 5.74) is 0. The van der Waals surface area contributed by atoms with Gasteiger partial charge in [0.25, 0.3) is 0 Å². The van der Waals surface area contributed by atoms with E-state index in [1.54, 1.807) is 12.0 Å². The molecule has 0 aromatic heterocycles. The number of hydrogen-bond acceptors (Lipinski definition) is 3. The number of methoxy groups -OCH3 is 1. The third-order valence-electron chi connectivity index (χ3n) is 2.91. The van der Waals surface area contributed by atoms with Gasteiger partial charge in [0.2, 0.25) is 0 Å². The zero-order valence-corrected chi connectivity index (χ0v) is 11.4. The molecular weight excluding hydrogens is 220 g/mol. The van der Waals surface area contributed by atoms with Gasteiger partial charge in [0.1, 0.15) is 0 Å². The molecule has 0 saturated carbocycles. The Bertz CT molecular complexity index is 212. The van der Waals surface area contributed by atoms with Crippen LogP contribution >= 0.6 is 0 Å². The monoisotopic (exact) mass is 246 g/mol. The van der Waals surface area contributed by atoms with Gasteiger partial charge in [-0.05, 0) is 19.8 Å². The van der Waals surface area contributed by atoms with E-state index >= 15 is 0 Å². The van der Waals surface area contributed by atoms with E-state index in [0.29, 0.717) is 13.2 Å². The number of ether oxygens (including phenoxy) is 1. The number of carbonyl (C=O) groups excluding carboxylic acids is 1. The number of aliphatic hydroxyl groups excluding tert-OH is 1. The fourth-order valence-corrected chi connectivity index (χ4v) is 1.57. The Morgan fingerprint density at radius 2 is 2.06 bits per heavy atom. The van der Waals surface area contributed by atoms with Gasteiger partial charge in [0.05, 0.1) is 19.3 Å². The van der Waals surface area contributed by atoms with Crippen molar-refractivity contribution in [3.8, 4) is 0 Å². The smallest absolute Gasteiger partial charge is 0.318 e. The molecule has 0 fully saturated rings. The van der Waals surface area contributed by atoms with E-state index < -0.39 is 0 Å². The van der Waals surface area contributed by atoms with Crippen LogP contribution in [-0.4, -0.2) is 55.0 Å². The summed E-state index contributed by atoms with van der Waals surface area (Å²) < 4.78 is 5.04. The van der Waals surface area contributed by atoms with Crippen molar-refractivity contribution in [1.82, 2.24) is 10.2 Å². The summed E-state index contributed by atoms with van der Waals surface area (Å²) in [5.74, 6) is 0. The third-order valence-corrected chi connectivity index (χ3v) is 2.91. The van der Waals surface area contributed by atoms with Crippen LogP contribution in [0.1, 0.15) is 33.6 Å². The first-order chi connectivity index (χ1) is 8.10. The van der Waals surface area contributed by atoms with Gasteiger partial charge in [-0.25, -0.2) is 4.79 Å². The van der Waals surface area contributed by atoms with Crippen LogP contribution in [0, 0.1) is 0 Å². The third kappa shape index (κ3) is 5.89. The summed E-state index contributed by atoms with van der Waals surface area (Å²) in [6, 6.07) is 0.0252. The molecule has 0 aliphatic carbocycles. The molecule has 0 radical (unpaired) electrons. The van der Waals surface area contributed by atoms with Crippen molar-refractivity contribution in [2.75, 3.05) is 26.9 Å². The fraction of sp³-hybridized carbons (Fsp3) is 0.917. The molecule has 0 saturated heterocycles. The summed E-state index contributed by atoms with van der Waals surface area (Å²) >= 11 is 0. The van der Waals surface area contributed by atoms with E-state index in [-0.39, 0.29) is 24.7 Å². The molecule has 2 unspecified atom stereocenters. The summed E-state index contributed by atoms with van der Waals surface area (Å²) in [4.78, 5) is 13.7. The van der Waals surface area contributed by atoms with Gasteiger partial charge in [0.15, 0.2) is 0 Å². The van der Waals surface area contributed by atoms with Crippen LogP contribution in [0.5, 0.6) is 0 Å². The molecule has 0 aliphatic rings. The second-order valence-corrected chi connectivity index (χ2v) is 4.18. The molecule has 0 aromatic rings. The molecule has 2 atom stereocenters. The highest BCUT2D eigenvalue weighted by Crippen LogP contribution is 2.04. The van der Waals surface area contributed by atoms with Gasteiger partial charge in [-0.3, -0.25) is 0 Å². The predicted molar refractivity (Wildman–Crippen MR) is 68.0 cm³/mol. The minimum Gasteiger partial charge on any atom is -0.395 e. The zero-order valence-electron chi connectivity index (χ0n) is 11.4. The highest BCUT2D eigenvalue weighted by atomic mass is 16.5. The minimum atomic E-state index is -0.127. The molecular formula is C12H26N2O3. The first kappa shape index (κ1) is 16.2. The highest BCUT2D eigenvalue weighted by molar-refractivity contribution is 5.74. The molecule has 0 aliphatic heterocycles. The summed E-state index contributed by atoms with van der Waals surface area (Å²) in [7, 11) is 1.62. The maximum atomic E-state index is 12.0. The largest absolute Gasteiger partial charge is 0.395 e. The van der Waals surface area contributed by atoms with Crippen LogP contribution < -0.4 is 5.32 Å². The van der Waals surface area contributed by atoms with Crippen LogP contribution in [0.4, 0.5) is 4.79 Å². The molecule has 0 spiro atoms. The first-order valence-electron chi connectivity index (χ1n) is 6.27. The van der Waals surface area contributed by atoms with Crippen molar-refractivity contribution >= 4 is 6.03 Å². The standard InChI is InChI=1S/C12H26N2O3/c1-5-10(3)14(7-8-15)12(16)13-11(6-2)9-17-4/h10-11,15H,5-9H2,1-4H3,(H,13,16). The van der Waals surface area contributed by atoms with Crippen LogP contribution in [0.25, 0.3) is 0 Å². The first-order valence-corrected chi connectivity index (χ1v) is 6.27. The molecule has 2 N–H and O–H groups in total. The average Bonchev–Trinajstić information content (AvgIpc) is 2.34. The molecule has 0 aromatic carbocycles. The molecule has 17 heavy (non-hydrogen) atoms. The van der Waals surface area contributed by atoms with Crippen LogP contribution in [0.3, 0.4) is 0 Å². The second kappa shape index (κ2) is 9.24. The normalized spacial score (nSPS) is 14.2. The Hall–Kier alpha value is -0.810. The van der Waals surface area contributed by atoms with Crippen molar-refractivity contribution in [3.63, 3.8) is 0 Å². The van der Waals surface area contributed by atoms with Crippen LogP contribution in [-0.2, 0) is 4.74 Å². The molecule has 0 heterocycles.